The van der Waals surface area contributed by atoms with Gasteiger partial charge in [-0.25, -0.2) is 0 Å². The quantitative estimate of drug-likeness (QED) is 0.838. The van der Waals surface area contributed by atoms with Crippen molar-refractivity contribution in [2.75, 3.05) is 33.2 Å². The fourth-order valence-electron chi connectivity index (χ4n) is 3.83. The largest absolute Gasteiger partial charge is 0.337 e. The third-order valence-corrected chi connectivity index (χ3v) is 6.52. The second-order valence-corrected chi connectivity index (χ2v) is 8.01. The molecule has 2 aromatic heterocycles. The van der Waals surface area contributed by atoms with Crippen molar-refractivity contribution in [1.29, 1.82) is 0 Å². The zero-order chi connectivity index (χ0) is 16.5. The number of hydrogen-bond acceptors (Lipinski definition) is 3. The van der Waals surface area contributed by atoms with Crippen LogP contribution >= 0.6 is 11.3 Å². The number of carbonyl (C=O) groups excluding carboxylic acids is 1. The molecule has 4 rings (SSSR count). The molecule has 0 spiro atoms. The maximum atomic E-state index is 13.4. The average molecular weight is 343 g/mol. The van der Waals surface area contributed by atoms with Crippen LogP contribution in [0.15, 0.2) is 24.5 Å². The molecular weight excluding hydrogens is 318 g/mol. The molecule has 0 aromatic carbocycles. The van der Waals surface area contributed by atoms with Gasteiger partial charge in [-0.2, -0.15) is 0 Å². The molecule has 4 nitrogen and oxygen atoms in total. The molecule has 5 heteroatoms. The lowest BCUT2D eigenvalue weighted by molar-refractivity contribution is 0.0762. The number of carbonyl (C=O) groups is 1. The van der Waals surface area contributed by atoms with Crippen molar-refractivity contribution in [2.45, 2.75) is 32.1 Å². The van der Waals surface area contributed by atoms with Crippen molar-refractivity contribution >= 4 is 17.2 Å². The number of fused-ring (bicyclic) bond motifs is 1. The van der Waals surface area contributed by atoms with Crippen LogP contribution in [0.25, 0.3) is 5.00 Å². The van der Waals surface area contributed by atoms with E-state index in [1.54, 1.807) is 0 Å². The number of aromatic nitrogens is 1. The monoisotopic (exact) mass is 343 g/mol. The molecule has 24 heavy (non-hydrogen) atoms. The first-order valence-electron chi connectivity index (χ1n) is 9.00. The minimum atomic E-state index is 0.244. The number of nitrogens with zero attached hydrogens (tertiary/aromatic N) is 3. The van der Waals surface area contributed by atoms with E-state index in [4.69, 9.17) is 0 Å². The first kappa shape index (κ1) is 15.9. The van der Waals surface area contributed by atoms with Crippen LogP contribution in [0, 0.1) is 0 Å². The summed E-state index contributed by atoms with van der Waals surface area (Å²) in [4.78, 5) is 19.2. The Morgan fingerprint density at radius 1 is 1.00 bits per heavy atom. The molecule has 1 fully saturated rings. The highest BCUT2D eigenvalue weighted by atomic mass is 32.1. The molecule has 0 unspecified atom stereocenters. The summed E-state index contributed by atoms with van der Waals surface area (Å²) in [6, 6.07) is 4.07. The number of likely N-dealkylation sites (N-methyl/N-ethyl adjacent to an activating group) is 1. The standard InChI is InChI=1S/C19H25N3OS/c1-20-9-6-12-21(14-13-20)18(23)17-15-7-2-3-8-16(15)24-19(17)22-10-4-5-11-22/h4-5,10-11H,2-3,6-9,12-14H2,1H3. The summed E-state index contributed by atoms with van der Waals surface area (Å²) in [5.41, 5.74) is 2.31. The second kappa shape index (κ2) is 6.73. The molecule has 2 aliphatic rings. The minimum Gasteiger partial charge on any atom is -0.337 e. The lowest BCUT2D eigenvalue weighted by atomic mass is 9.95. The fraction of sp³-hybridized carbons (Fsp3) is 0.526. The predicted molar refractivity (Wildman–Crippen MR) is 98.3 cm³/mol. The molecule has 1 aliphatic carbocycles. The van der Waals surface area contributed by atoms with E-state index in [2.05, 4.69) is 33.8 Å². The van der Waals surface area contributed by atoms with E-state index in [0.29, 0.717) is 0 Å². The number of hydrogen-bond donors (Lipinski definition) is 0. The van der Waals surface area contributed by atoms with Gasteiger partial charge in [0.2, 0.25) is 0 Å². The van der Waals surface area contributed by atoms with Crippen LogP contribution in [-0.2, 0) is 12.8 Å². The van der Waals surface area contributed by atoms with E-state index in [-0.39, 0.29) is 5.91 Å². The Morgan fingerprint density at radius 2 is 1.79 bits per heavy atom. The van der Waals surface area contributed by atoms with Gasteiger partial charge < -0.3 is 14.4 Å². The van der Waals surface area contributed by atoms with E-state index < -0.39 is 0 Å². The van der Waals surface area contributed by atoms with Crippen molar-refractivity contribution in [3.8, 4) is 5.00 Å². The van der Waals surface area contributed by atoms with Crippen LogP contribution in [0.5, 0.6) is 0 Å². The van der Waals surface area contributed by atoms with E-state index >= 15 is 0 Å². The Hall–Kier alpha value is -1.59. The number of aryl methyl sites for hydroxylation is 1. The highest BCUT2D eigenvalue weighted by Crippen LogP contribution is 2.37. The normalized spacial score (nSPS) is 19.1. The fourth-order valence-corrected chi connectivity index (χ4v) is 5.18. The summed E-state index contributed by atoms with van der Waals surface area (Å²) in [5.74, 6) is 0.244. The molecule has 0 bridgehead atoms. The lowest BCUT2D eigenvalue weighted by Gasteiger charge is -2.22. The highest BCUT2D eigenvalue weighted by Gasteiger charge is 2.29. The molecule has 1 saturated heterocycles. The van der Waals surface area contributed by atoms with Gasteiger partial charge in [0, 0.05) is 36.9 Å². The van der Waals surface area contributed by atoms with Crippen LogP contribution in [0.3, 0.4) is 0 Å². The topological polar surface area (TPSA) is 28.5 Å². The molecule has 0 saturated carbocycles. The van der Waals surface area contributed by atoms with Gasteiger partial charge in [-0.1, -0.05) is 0 Å². The van der Waals surface area contributed by atoms with Crippen LogP contribution in [0.4, 0.5) is 0 Å². The SMILES string of the molecule is CN1CCCN(C(=O)c2c(-n3cccc3)sc3c2CCCC3)CC1. The smallest absolute Gasteiger partial charge is 0.257 e. The van der Waals surface area contributed by atoms with Crippen molar-refractivity contribution in [3.63, 3.8) is 0 Å². The predicted octanol–water partition coefficient (Wildman–Crippen LogP) is 3.20. The Bertz CT molecular complexity index is 719. The van der Waals surface area contributed by atoms with Crippen LogP contribution in [0.1, 0.15) is 40.1 Å². The minimum absolute atomic E-state index is 0.244. The number of rotatable bonds is 2. The summed E-state index contributed by atoms with van der Waals surface area (Å²) in [5, 5.41) is 1.12. The number of amides is 1. The Balaban J connectivity index is 1.73. The first-order valence-corrected chi connectivity index (χ1v) is 9.81. The van der Waals surface area contributed by atoms with Gasteiger partial charge in [0.1, 0.15) is 5.00 Å². The van der Waals surface area contributed by atoms with Gasteiger partial charge in [-0.3, -0.25) is 4.79 Å². The van der Waals surface area contributed by atoms with Gasteiger partial charge in [-0.15, -0.1) is 11.3 Å². The molecule has 128 valence electrons. The molecule has 0 radical (unpaired) electrons. The lowest BCUT2D eigenvalue weighted by Crippen LogP contribution is -2.35. The summed E-state index contributed by atoms with van der Waals surface area (Å²) < 4.78 is 2.13. The zero-order valence-corrected chi connectivity index (χ0v) is 15.1. The molecule has 1 aliphatic heterocycles. The van der Waals surface area contributed by atoms with Crippen LogP contribution in [-0.4, -0.2) is 53.5 Å². The van der Waals surface area contributed by atoms with Gasteiger partial charge >= 0.3 is 0 Å². The second-order valence-electron chi connectivity index (χ2n) is 6.93. The third-order valence-electron chi connectivity index (χ3n) is 5.21. The zero-order valence-electron chi connectivity index (χ0n) is 14.3. The Labute approximate surface area is 147 Å². The number of thiophene rings is 1. The molecular formula is C19H25N3OS. The van der Waals surface area contributed by atoms with E-state index in [1.165, 1.54) is 23.3 Å². The third kappa shape index (κ3) is 2.91. The van der Waals surface area contributed by atoms with Crippen molar-refractivity contribution in [2.24, 2.45) is 0 Å². The summed E-state index contributed by atoms with van der Waals surface area (Å²) in [7, 11) is 2.14. The highest BCUT2D eigenvalue weighted by molar-refractivity contribution is 7.15. The van der Waals surface area contributed by atoms with Gasteiger partial charge in [0.05, 0.1) is 5.56 Å². The van der Waals surface area contributed by atoms with E-state index in [0.717, 1.165) is 56.0 Å². The van der Waals surface area contributed by atoms with E-state index in [1.807, 2.05) is 23.5 Å². The Kier molecular flexibility index (Phi) is 4.46. The molecule has 1 amide bonds. The Morgan fingerprint density at radius 3 is 2.62 bits per heavy atom. The average Bonchev–Trinajstić information content (AvgIpc) is 3.19. The van der Waals surface area contributed by atoms with Gasteiger partial charge in [-0.05, 0) is 63.4 Å². The van der Waals surface area contributed by atoms with Crippen molar-refractivity contribution < 1.29 is 4.79 Å². The maximum absolute atomic E-state index is 13.4. The molecule has 0 atom stereocenters. The van der Waals surface area contributed by atoms with Gasteiger partial charge in [0.15, 0.2) is 0 Å². The van der Waals surface area contributed by atoms with E-state index in [9.17, 15) is 4.79 Å². The van der Waals surface area contributed by atoms with Crippen LogP contribution < -0.4 is 0 Å². The summed E-state index contributed by atoms with van der Waals surface area (Å²) in [6.07, 6.45) is 9.83. The molecule has 3 heterocycles. The van der Waals surface area contributed by atoms with Gasteiger partial charge in [0.25, 0.3) is 5.91 Å². The maximum Gasteiger partial charge on any atom is 0.257 e. The first-order chi connectivity index (χ1) is 11.7. The van der Waals surface area contributed by atoms with Crippen LogP contribution in [0.2, 0.25) is 0 Å². The summed E-state index contributed by atoms with van der Waals surface area (Å²) >= 11 is 1.82. The summed E-state index contributed by atoms with van der Waals surface area (Å²) in [6.45, 7) is 3.76. The molecule has 0 N–H and O–H groups in total. The van der Waals surface area contributed by atoms with Crippen molar-refractivity contribution in [3.05, 3.63) is 40.5 Å². The molecule has 2 aromatic rings. The van der Waals surface area contributed by atoms with Crippen molar-refractivity contribution in [1.82, 2.24) is 14.4 Å².